The van der Waals surface area contributed by atoms with Crippen molar-refractivity contribution < 1.29 is 9.53 Å². The molecule has 0 radical (unpaired) electrons. The minimum absolute atomic E-state index is 0.303. The van der Waals surface area contributed by atoms with Gasteiger partial charge in [-0.15, -0.1) is 0 Å². The SMILES string of the molecule is CCCNC(=O)OCCN(C)C1CCN(Cc2ccccc2)CC1. The van der Waals surface area contributed by atoms with E-state index in [9.17, 15) is 4.79 Å². The number of rotatable bonds is 8. The van der Waals surface area contributed by atoms with Gasteiger partial charge in [-0.05, 0) is 45.0 Å². The van der Waals surface area contributed by atoms with Gasteiger partial charge in [-0.25, -0.2) is 4.79 Å². The third-order valence-corrected chi connectivity index (χ3v) is 4.63. The molecule has 1 aromatic rings. The first-order valence-corrected chi connectivity index (χ1v) is 9.06. The molecule has 0 aliphatic carbocycles. The van der Waals surface area contributed by atoms with Crippen molar-refractivity contribution in [2.24, 2.45) is 0 Å². The van der Waals surface area contributed by atoms with Crippen molar-refractivity contribution in [3.05, 3.63) is 35.9 Å². The van der Waals surface area contributed by atoms with Gasteiger partial charge < -0.3 is 10.1 Å². The summed E-state index contributed by atoms with van der Waals surface area (Å²) in [6.45, 7) is 7.24. The fourth-order valence-corrected chi connectivity index (χ4v) is 3.10. The second-order valence-corrected chi connectivity index (χ2v) is 6.54. The van der Waals surface area contributed by atoms with Crippen molar-refractivity contribution in [1.29, 1.82) is 0 Å². The maximum atomic E-state index is 11.4. The first-order chi connectivity index (χ1) is 11.7. The molecule has 1 aliphatic rings. The molecule has 0 atom stereocenters. The lowest BCUT2D eigenvalue weighted by Gasteiger charge is -2.36. The highest BCUT2D eigenvalue weighted by atomic mass is 16.5. The van der Waals surface area contributed by atoms with Gasteiger partial charge in [0.15, 0.2) is 0 Å². The zero-order valence-electron chi connectivity index (χ0n) is 15.0. The first-order valence-electron chi connectivity index (χ1n) is 9.06. The lowest BCUT2D eigenvalue weighted by Crippen LogP contribution is -2.44. The molecular weight excluding hydrogens is 302 g/mol. The molecule has 0 unspecified atom stereocenters. The number of likely N-dealkylation sites (N-methyl/N-ethyl adjacent to an activating group) is 1. The number of hydrogen-bond acceptors (Lipinski definition) is 4. The van der Waals surface area contributed by atoms with Crippen LogP contribution in [0.1, 0.15) is 31.7 Å². The highest BCUT2D eigenvalue weighted by Crippen LogP contribution is 2.17. The van der Waals surface area contributed by atoms with Gasteiger partial charge in [0, 0.05) is 25.7 Å². The Morgan fingerprint density at radius 2 is 2.00 bits per heavy atom. The number of hydrogen-bond donors (Lipinski definition) is 1. The fraction of sp³-hybridized carbons (Fsp3) is 0.632. The summed E-state index contributed by atoms with van der Waals surface area (Å²) in [4.78, 5) is 16.3. The van der Waals surface area contributed by atoms with Crippen molar-refractivity contribution in [2.45, 2.75) is 38.8 Å². The van der Waals surface area contributed by atoms with Gasteiger partial charge in [0.2, 0.25) is 0 Å². The Morgan fingerprint density at radius 3 is 2.67 bits per heavy atom. The van der Waals surface area contributed by atoms with E-state index in [0.29, 0.717) is 19.2 Å². The van der Waals surface area contributed by atoms with E-state index in [4.69, 9.17) is 4.74 Å². The molecule has 0 spiro atoms. The van der Waals surface area contributed by atoms with Gasteiger partial charge in [0.05, 0.1) is 0 Å². The average Bonchev–Trinajstić information content (AvgIpc) is 2.61. The summed E-state index contributed by atoms with van der Waals surface area (Å²) >= 11 is 0. The van der Waals surface area contributed by atoms with Gasteiger partial charge in [0.1, 0.15) is 6.61 Å². The Hall–Kier alpha value is -1.59. The molecule has 1 aromatic carbocycles. The molecule has 1 amide bonds. The quantitative estimate of drug-likeness (QED) is 0.794. The Morgan fingerprint density at radius 1 is 1.29 bits per heavy atom. The lowest BCUT2D eigenvalue weighted by atomic mass is 10.0. The van der Waals surface area contributed by atoms with E-state index in [1.165, 1.54) is 18.4 Å². The van der Waals surface area contributed by atoms with E-state index >= 15 is 0 Å². The monoisotopic (exact) mass is 333 g/mol. The Balaban J connectivity index is 1.62. The summed E-state index contributed by atoms with van der Waals surface area (Å²) in [5.41, 5.74) is 1.38. The minimum Gasteiger partial charge on any atom is -0.448 e. The van der Waals surface area contributed by atoms with Crippen LogP contribution in [0.15, 0.2) is 30.3 Å². The van der Waals surface area contributed by atoms with E-state index in [1.807, 2.05) is 6.92 Å². The zero-order chi connectivity index (χ0) is 17.2. The molecule has 5 nitrogen and oxygen atoms in total. The molecule has 1 fully saturated rings. The largest absolute Gasteiger partial charge is 0.448 e. The van der Waals surface area contributed by atoms with Crippen molar-refractivity contribution in [1.82, 2.24) is 15.1 Å². The summed E-state index contributed by atoms with van der Waals surface area (Å²) in [6, 6.07) is 11.2. The van der Waals surface area contributed by atoms with E-state index in [1.54, 1.807) is 0 Å². The number of benzene rings is 1. The third kappa shape index (κ3) is 6.49. The lowest BCUT2D eigenvalue weighted by molar-refractivity contribution is 0.0934. The van der Waals surface area contributed by atoms with Crippen molar-refractivity contribution in [2.75, 3.05) is 39.8 Å². The van der Waals surface area contributed by atoms with Crippen LogP contribution in [0, 0.1) is 0 Å². The average molecular weight is 333 g/mol. The minimum atomic E-state index is -0.303. The van der Waals surface area contributed by atoms with Crippen LogP contribution in [-0.4, -0.2) is 61.8 Å². The molecule has 0 saturated carbocycles. The van der Waals surface area contributed by atoms with E-state index in [2.05, 4.69) is 52.5 Å². The van der Waals surface area contributed by atoms with Crippen LogP contribution in [0.5, 0.6) is 0 Å². The van der Waals surface area contributed by atoms with E-state index in [0.717, 1.165) is 32.6 Å². The standard InChI is InChI=1S/C19H31N3O2/c1-3-11-20-19(23)24-15-14-21(2)18-9-12-22(13-10-18)16-17-7-5-4-6-8-17/h4-8,18H,3,9-16H2,1-2H3,(H,20,23). The van der Waals surface area contributed by atoms with Gasteiger partial charge in [-0.2, -0.15) is 0 Å². The Kier molecular flexibility index (Phi) is 8.05. The van der Waals surface area contributed by atoms with Gasteiger partial charge >= 0.3 is 6.09 Å². The first kappa shape index (κ1) is 18.7. The number of likely N-dealkylation sites (tertiary alicyclic amines) is 1. The number of carbonyl (C=O) groups is 1. The third-order valence-electron chi connectivity index (χ3n) is 4.63. The van der Waals surface area contributed by atoms with Crippen LogP contribution in [0.25, 0.3) is 0 Å². The number of ether oxygens (including phenoxy) is 1. The predicted molar refractivity (Wildman–Crippen MR) is 97.0 cm³/mol. The summed E-state index contributed by atoms with van der Waals surface area (Å²) in [5.74, 6) is 0. The summed E-state index contributed by atoms with van der Waals surface area (Å²) in [5, 5.41) is 2.73. The van der Waals surface area contributed by atoms with E-state index in [-0.39, 0.29) is 6.09 Å². The second kappa shape index (κ2) is 10.3. The van der Waals surface area contributed by atoms with Crippen molar-refractivity contribution in [3.8, 4) is 0 Å². The number of alkyl carbamates (subject to hydrolysis) is 1. The molecule has 0 aromatic heterocycles. The molecule has 1 aliphatic heterocycles. The van der Waals surface area contributed by atoms with Crippen LogP contribution in [0.4, 0.5) is 4.79 Å². The number of nitrogens with one attached hydrogen (secondary N) is 1. The van der Waals surface area contributed by atoms with E-state index < -0.39 is 0 Å². The second-order valence-electron chi connectivity index (χ2n) is 6.54. The van der Waals surface area contributed by atoms with Gasteiger partial charge in [0.25, 0.3) is 0 Å². The van der Waals surface area contributed by atoms with Crippen LogP contribution >= 0.6 is 0 Å². The van der Waals surface area contributed by atoms with Crippen LogP contribution in [0.3, 0.4) is 0 Å². The topological polar surface area (TPSA) is 44.8 Å². The number of carbonyl (C=O) groups excluding carboxylic acids is 1. The molecule has 24 heavy (non-hydrogen) atoms. The highest BCUT2D eigenvalue weighted by Gasteiger charge is 2.22. The highest BCUT2D eigenvalue weighted by molar-refractivity contribution is 5.66. The molecular formula is C19H31N3O2. The molecule has 5 heteroatoms. The molecule has 0 bridgehead atoms. The van der Waals surface area contributed by atoms with Crippen molar-refractivity contribution in [3.63, 3.8) is 0 Å². The van der Waals surface area contributed by atoms with Crippen LogP contribution < -0.4 is 5.32 Å². The number of piperidine rings is 1. The maximum Gasteiger partial charge on any atom is 0.407 e. The predicted octanol–water partition coefficient (Wildman–Crippen LogP) is 2.72. The molecule has 2 rings (SSSR count). The maximum absolute atomic E-state index is 11.4. The zero-order valence-corrected chi connectivity index (χ0v) is 15.0. The number of amides is 1. The Labute approximate surface area is 146 Å². The smallest absolute Gasteiger partial charge is 0.407 e. The number of nitrogens with zero attached hydrogens (tertiary/aromatic N) is 2. The normalized spacial score (nSPS) is 16.3. The summed E-state index contributed by atoms with van der Waals surface area (Å²) in [6.07, 6.45) is 2.97. The molecule has 1 N–H and O–H groups in total. The summed E-state index contributed by atoms with van der Waals surface area (Å²) in [7, 11) is 2.13. The van der Waals surface area contributed by atoms with Crippen LogP contribution in [-0.2, 0) is 11.3 Å². The molecule has 1 saturated heterocycles. The Bertz CT molecular complexity index is 473. The van der Waals surface area contributed by atoms with Gasteiger partial charge in [-0.3, -0.25) is 9.80 Å². The van der Waals surface area contributed by atoms with Crippen molar-refractivity contribution >= 4 is 6.09 Å². The molecule has 1 heterocycles. The van der Waals surface area contributed by atoms with Crippen LogP contribution in [0.2, 0.25) is 0 Å². The molecule has 134 valence electrons. The van der Waals surface area contributed by atoms with Gasteiger partial charge in [-0.1, -0.05) is 37.3 Å². The fourth-order valence-electron chi connectivity index (χ4n) is 3.10. The summed E-state index contributed by atoms with van der Waals surface area (Å²) < 4.78 is 5.20.